The number of hydrogen-bond donors (Lipinski definition) is 0. The molecule has 1 radical (unpaired) electrons. The maximum atomic E-state index is 5.30. The van der Waals surface area contributed by atoms with Crippen LogP contribution >= 0.6 is 0 Å². The molecule has 2 heteroatoms. The Bertz CT molecular complexity index is 122. The fraction of sp³-hybridized carbons (Fsp3) is 0.900. The zero-order chi connectivity index (χ0) is 9.83. The van der Waals surface area contributed by atoms with Crippen molar-refractivity contribution in [1.82, 2.24) is 0 Å². The molecule has 0 aromatic carbocycles. The average molecular weight is 173 g/mol. The van der Waals surface area contributed by atoms with Gasteiger partial charge in [-0.3, -0.25) is 0 Å². The van der Waals surface area contributed by atoms with Crippen molar-refractivity contribution in [1.29, 1.82) is 0 Å². The van der Waals surface area contributed by atoms with Gasteiger partial charge < -0.3 is 0 Å². The van der Waals surface area contributed by atoms with Gasteiger partial charge in [-0.15, -0.1) is 0 Å². The number of hydrogen-bond acceptors (Lipinski definition) is 2. The Hall–Kier alpha value is -0.0800. The van der Waals surface area contributed by atoms with Gasteiger partial charge in [0, 0.05) is 0 Å². The van der Waals surface area contributed by atoms with Crippen LogP contribution in [0.5, 0.6) is 0 Å². The third-order valence-electron chi connectivity index (χ3n) is 1.21. The molecular formula is C10H21O2. The van der Waals surface area contributed by atoms with Gasteiger partial charge >= 0.3 is 0 Å². The van der Waals surface area contributed by atoms with Crippen LogP contribution in [0.3, 0.4) is 0 Å². The minimum Gasteiger partial charge on any atom is -0.230 e. The van der Waals surface area contributed by atoms with Crippen LogP contribution in [0.2, 0.25) is 0 Å². The highest BCUT2D eigenvalue weighted by Gasteiger charge is 2.22. The van der Waals surface area contributed by atoms with Crippen molar-refractivity contribution < 1.29 is 9.78 Å². The van der Waals surface area contributed by atoms with Crippen molar-refractivity contribution in [2.24, 2.45) is 0 Å². The van der Waals surface area contributed by atoms with Gasteiger partial charge in [0.05, 0.1) is 11.2 Å². The lowest BCUT2D eigenvalue weighted by Crippen LogP contribution is -2.30. The second-order valence-electron chi connectivity index (χ2n) is 4.65. The molecule has 0 aromatic heterocycles. The smallest absolute Gasteiger partial charge is 0.0983 e. The second kappa shape index (κ2) is 4.24. The van der Waals surface area contributed by atoms with Crippen LogP contribution in [-0.2, 0) is 9.78 Å². The largest absolute Gasteiger partial charge is 0.230 e. The first-order valence-corrected chi connectivity index (χ1v) is 4.41. The van der Waals surface area contributed by atoms with Crippen molar-refractivity contribution in [3.8, 4) is 0 Å². The Morgan fingerprint density at radius 3 is 1.83 bits per heavy atom. The number of rotatable bonds is 4. The van der Waals surface area contributed by atoms with Gasteiger partial charge in [0.25, 0.3) is 0 Å². The summed E-state index contributed by atoms with van der Waals surface area (Å²) in [7, 11) is 0. The van der Waals surface area contributed by atoms with Gasteiger partial charge in [0.2, 0.25) is 0 Å². The minimum absolute atomic E-state index is 0.220. The fourth-order valence-electron chi connectivity index (χ4n) is 0.763. The second-order valence-corrected chi connectivity index (χ2v) is 4.65. The molecule has 73 valence electrons. The summed E-state index contributed by atoms with van der Waals surface area (Å²) in [6, 6.07) is 0. The van der Waals surface area contributed by atoms with E-state index < -0.39 is 0 Å². The summed E-state index contributed by atoms with van der Waals surface area (Å²) >= 11 is 0. The van der Waals surface area contributed by atoms with Gasteiger partial charge in [-0.2, -0.15) is 0 Å². The van der Waals surface area contributed by atoms with E-state index in [2.05, 4.69) is 6.42 Å². The molecule has 0 N–H and O–H groups in total. The molecule has 0 saturated carbocycles. The van der Waals surface area contributed by atoms with Crippen molar-refractivity contribution in [2.45, 2.75) is 59.2 Å². The Labute approximate surface area is 76.2 Å². The highest BCUT2D eigenvalue weighted by molar-refractivity contribution is 4.74. The first-order valence-electron chi connectivity index (χ1n) is 4.41. The quantitative estimate of drug-likeness (QED) is 0.480. The van der Waals surface area contributed by atoms with Crippen molar-refractivity contribution in [2.75, 3.05) is 0 Å². The molecule has 0 aliphatic carbocycles. The van der Waals surface area contributed by atoms with E-state index in [9.17, 15) is 0 Å². The normalized spacial score (nSPS) is 13.5. The van der Waals surface area contributed by atoms with Crippen LogP contribution in [0.4, 0.5) is 0 Å². The summed E-state index contributed by atoms with van der Waals surface area (Å²) in [6.45, 7) is 12.0. The predicted octanol–water partition coefficient (Wildman–Crippen LogP) is 3.13. The van der Waals surface area contributed by atoms with Gasteiger partial charge in [-0.1, -0.05) is 6.92 Å². The lowest BCUT2D eigenvalue weighted by molar-refractivity contribution is -0.396. The van der Waals surface area contributed by atoms with E-state index in [1.54, 1.807) is 0 Å². The van der Waals surface area contributed by atoms with Gasteiger partial charge in [-0.05, 0) is 47.5 Å². The fourth-order valence-corrected chi connectivity index (χ4v) is 0.763. The molecule has 0 saturated heterocycles. The topological polar surface area (TPSA) is 18.5 Å². The van der Waals surface area contributed by atoms with E-state index in [1.807, 2.05) is 41.5 Å². The molecule has 0 heterocycles. The SMILES string of the molecule is C[CH]CC(C)(C)OOC(C)(C)C. The summed E-state index contributed by atoms with van der Waals surface area (Å²) in [4.78, 5) is 10.5. The zero-order valence-corrected chi connectivity index (χ0v) is 9.10. The Morgan fingerprint density at radius 1 is 1.00 bits per heavy atom. The maximum absolute atomic E-state index is 5.30. The highest BCUT2D eigenvalue weighted by Crippen LogP contribution is 2.19. The zero-order valence-electron chi connectivity index (χ0n) is 9.10. The molecule has 0 aliphatic heterocycles. The van der Waals surface area contributed by atoms with E-state index in [1.165, 1.54) is 0 Å². The molecule has 0 amide bonds. The van der Waals surface area contributed by atoms with E-state index >= 15 is 0 Å². The summed E-state index contributed by atoms with van der Waals surface area (Å²) in [5.41, 5.74) is -0.451. The van der Waals surface area contributed by atoms with Crippen LogP contribution in [0.25, 0.3) is 0 Å². The summed E-state index contributed by atoms with van der Waals surface area (Å²) < 4.78 is 0. The molecule has 12 heavy (non-hydrogen) atoms. The van der Waals surface area contributed by atoms with E-state index in [-0.39, 0.29) is 11.2 Å². The predicted molar refractivity (Wildman–Crippen MR) is 50.6 cm³/mol. The van der Waals surface area contributed by atoms with E-state index in [4.69, 9.17) is 9.78 Å². The average Bonchev–Trinajstić information content (AvgIpc) is 1.83. The molecule has 0 unspecified atom stereocenters. The van der Waals surface area contributed by atoms with Crippen LogP contribution in [0.15, 0.2) is 0 Å². The first-order chi connectivity index (χ1) is 5.27. The molecule has 2 nitrogen and oxygen atoms in total. The van der Waals surface area contributed by atoms with Crippen LogP contribution in [0, 0.1) is 6.42 Å². The third kappa shape index (κ3) is 6.62. The van der Waals surface area contributed by atoms with Gasteiger partial charge in [0.1, 0.15) is 0 Å². The van der Waals surface area contributed by atoms with Gasteiger partial charge in [0.15, 0.2) is 0 Å². The Kier molecular flexibility index (Phi) is 4.21. The van der Waals surface area contributed by atoms with Crippen molar-refractivity contribution in [3.05, 3.63) is 6.42 Å². The van der Waals surface area contributed by atoms with Crippen LogP contribution in [0.1, 0.15) is 48.0 Å². The highest BCUT2D eigenvalue weighted by atomic mass is 17.2. The van der Waals surface area contributed by atoms with Gasteiger partial charge in [-0.25, -0.2) is 9.78 Å². The summed E-state index contributed by atoms with van der Waals surface area (Å²) in [5, 5.41) is 0. The monoisotopic (exact) mass is 173 g/mol. The Morgan fingerprint density at radius 2 is 1.50 bits per heavy atom. The molecule has 0 rings (SSSR count). The lowest BCUT2D eigenvalue weighted by atomic mass is 10.0. The molecule has 0 atom stereocenters. The molecule has 0 bridgehead atoms. The summed E-state index contributed by atoms with van der Waals surface area (Å²) in [6.07, 6.45) is 2.97. The molecule has 0 aromatic rings. The standard InChI is InChI=1S/C10H21O2/c1-7-8-10(5,6)12-11-9(2,3)4/h7H,8H2,1-6H3. The first kappa shape index (κ1) is 11.9. The van der Waals surface area contributed by atoms with E-state index in [0.29, 0.717) is 0 Å². The molecule has 0 spiro atoms. The van der Waals surface area contributed by atoms with Crippen molar-refractivity contribution >= 4 is 0 Å². The van der Waals surface area contributed by atoms with Crippen LogP contribution in [-0.4, -0.2) is 11.2 Å². The molecule has 0 aliphatic rings. The lowest BCUT2D eigenvalue weighted by Gasteiger charge is -2.27. The van der Waals surface area contributed by atoms with Crippen LogP contribution < -0.4 is 0 Å². The molecular weight excluding hydrogens is 152 g/mol. The maximum Gasteiger partial charge on any atom is 0.0983 e. The summed E-state index contributed by atoms with van der Waals surface area (Å²) in [5.74, 6) is 0. The molecule has 0 fully saturated rings. The Balaban J connectivity index is 3.75. The minimum atomic E-state index is -0.231. The van der Waals surface area contributed by atoms with Crippen molar-refractivity contribution in [3.63, 3.8) is 0 Å². The third-order valence-corrected chi connectivity index (χ3v) is 1.21. The van der Waals surface area contributed by atoms with E-state index in [0.717, 1.165) is 6.42 Å².